The molecule has 0 bridgehead atoms. The second kappa shape index (κ2) is 9.20. The van der Waals surface area contributed by atoms with Gasteiger partial charge >= 0.3 is 6.03 Å². The maximum absolute atomic E-state index is 13.3. The summed E-state index contributed by atoms with van der Waals surface area (Å²) in [6.07, 6.45) is 2.15. The zero-order valence-corrected chi connectivity index (χ0v) is 19.0. The second-order valence-corrected chi connectivity index (χ2v) is 8.69. The first kappa shape index (κ1) is 22.1. The maximum Gasteiger partial charge on any atom is 0.324 e. The molecule has 7 nitrogen and oxygen atoms in total. The lowest BCUT2D eigenvalue weighted by Gasteiger charge is -2.41. The molecule has 2 fully saturated rings. The number of likely N-dealkylation sites (N-methyl/N-ethyl adjacent to an activating group) is 1. The Hall–Kier alpha value is -3.06. The number of imide groups is 1. The molecule has 7 heteroatoms. The molecule has 32 heavy (non-hydrogen) atoms. The van der Waals surface area contributed by atoms with Gasteiger partial charge in [-0.05, 0) is 67.2 Å². The molecule has 2 aromatic carbocycles. The Morgan fingerprint density at radius 2 is 1.66 bits per heavy atom. The average Bonchev–Trinajstić information content (AvgIpc) is 3.04. The summed E-state index contributed by atoms with van der Waals surface area (Å²) >= 11 is 0. The summed E-state index contributed by atoms with van der Waals surface area (Å²) in [5.74, 6) is 1.53. The number of carbonyl (C=O) groups excluding carboxylic acids is 2. The highest BCUT2D eigenvalue weighted by molar-refractivity contribution is 6.07. The van der Waals surface area contributed by atoms with Crippen molar-refractivity contribution < 1.29 is 19.1 Å². The van der Waals surface area contributed by atoms with E-state index in [1.54, 1.807) is 21.3 Å². The summed E-state index contributed by atoms with van der Waals surface area (Å²) in [7, 11) is 4.86. The topological polar surface area (TPSA) is 71.1 Å². The first-order valence-electron chi connectivity index (χ1n) is 11.0. The summed E-state index contributed by atoms with van der Waals surface area (Å²) < 4.78 is 10.6. The van der Waals surface area contributed by atoms with Gasteiger partial charge in [0.1, 0.15) is 17.0 Å². The van der Waals surface area contributed by atoms with Gasteiger partial charge in [0.05, 0.1) is 14.2 Å². The highest BCUT2D eigenvalue weighted by Crippen LogP contribution is 2.37. The van der Waals surface area contributed by atoms with Crippen molar-refractivity contribution in [2.75, 3.05) is 34.4 Å². The molecule has 0 aromatic heterocycles. The van der Waals surface area contributed by atoms with Gasteiger partial charge in [-0.1, -0.05) is 24.3 Å². The van der Waals surface area contributed by atoms with Crippen LogP contribution in [0.4, 0.5) is 4.79 Å². The predicted molar refractivity (Wildman–Crippen MR) is 122 cm³/mol. The number of rotatable bonds is 7. The Kier molecular flexibility index (Phi) is 6.37. The summed E-state index contributed by atoms with van der Waals surface area (Å²) in [5, 5.41) is 3.06. The van der Waals surface area contributed by atoms with E-state index in [2.05, 4.69) is 22.3 Å². The third-order valence-electron chi connectivity index (χ3n) is 6.79. The van der Waals surface area contributed by atoms with Crippen LogP contribution in [-0.2, 0) is 17.8 Å². The minimum absolute atomic E-state index is 0.0715. The normalized spacial score (nSPS) is 22.2. The molecule has 2 aliphatic rings. The molecule has 3 amide bonds. The molecule has 0 radical (unpaired) electrons. The van der Waals surface area contributed by atoms with Crippen LogP contribution in [0.3, 0.4) is 0 Å². The average molecular weight is 438 g/mol. The van der Waals surface area contributed by atoms with Gasteiger partial charge in [0.25, 0.3) is 5.91 Å². The van der Waals surface area contributed by atoms with Crippen molar-refractivity contribution in [3.8, 4) is 11.5 Å². The van der Waals surface area contributed by atoms with E-state index in [-0.39, 0.29) is 17.9 Å². The van der Waals surface area contributed by atoms with Gasteiger partial charge < -0.3 is 14.8 Å². The van der Waals surface area contributed by atoms with Crippen LogP contribution < -0.4 is 14.8 Å². The standard InChI is InChI=1S/C25H31N3O4/c1-27-23(29)25(26-24(27)30,16-19-5-4-6-22(15-19)32-3)20-11-13-28(14-12-20)17-18-7-9-21(31-2)10-8-18/h4-10,15,20H,11-14,16-17H2,1-3H3,(H,26,30). The molecule has 2 aromatic rings. The van der Waals surface area contributed by atoms with Crippen molar-refractivity contribution in [3.63, 3.8) is 0 Å². The fourth-order valence-electron chi connectivity index (χ4n) is 4.94. The third-order valence-corrected chi connectivity index (χ3v) is 6.79. The van der Waals surface area contributed by atoms with Crippen LogP contribution in [0.15, 0.2) is 48.5 Å². The first-order valence-corrected chi connectivity index (χ1v) is 11.0. The number of methoxy groups -OCH3 is 2. The van der Waals surface area contributed by atoms with Crippen LogP contribution in [0.2, 0.25) is 0 Å². The molecule has 2 aliphatic heterocycles. The fraction of sp³-hybridized carbons (Fsp3) is 0.440. The molecule has 0 aliphatic carbocycles. The molecule has 2 saturated heterocycles. The number of hydrogen-bond acceptors (Lipinski definition) is 5. The van der Waals surface area contributed by atoms with Crippen molar-refractivity contribution in [3.05, 3.63) is 59.7 Å². The lowest BCUT2D eigenvalue weighted by atomic mass is 9.74. The van der Waals surface area contributed by atoms with E-state index in [9.17, 15) is 9.59 Å². The minimum atomic E-state index is -0.912. The van der Waals surface area contributed by atoms with Gasteiger partial charge in [-0.3, -0.25) is 14.6 Å². The lowest BCUT2D eigenvalue weighted by molar-refractivity contribution is -0.133. The Morgan fingerprint density at radius 1 is 0.969 bits per heavy atom. The smallest absolute Gasteiger partial charge is 0.324 e. The van der Waals surface area contributed by atoms with E-state index in [4.69, 9.17) is 9.47 Å². The van der Waals surface area contributed by atoms with E-state index >= 15 is 0 Å². The number of nitrogens with zero attached hydrogens (tertiary/aromatic N) is 2. The molecule has 170 valence electrons. The lowest BCUT2D eigenvalue weighted by Crippen LogP contribution is -2.57. The highest BCUT2D eigenvalue weighted by atomic mass is 16.5. The van der Waals surface area contributed by atoms with E-state index < -0.39 is 5.54 Å². The molecular formula is C25H31N3O4. The second-order valence-electron chi connectivity index (χ2n) is 8.69. The van der Waals surface area contributed by atoms with Gasteiger partial charge in [0.2, 0.25) is 0 Å². The Balaban J connectivity index is 1.49. The zero-order valence-electron chi connectivity index (χ0n) is 19.0. The monoisotopic (exact) mass is 437 g/mol. The van der Waals surface area contributed by atoms with Crippen molar-refractivity contribution in [2.24, 2.45) is 5.92 Å². The number of hydrogen-bond donors (Lipinski definition) is 1. The SMILES string of the molecule is COc1ccc(CN2CCC(C3(Cc4cccc(OC)c4)NC(=O)N(C)C3=O)CC2)cc1. The van der Waals surface area contributed by atoms with Crippen LogP contribution in [0.5, 0.6) is 11.5 Å². The maximum atomic E-state index is 13.3. The minimum Gasteiger partial charge on any atom is -0.497 e. The predicted octanol–water partition coefficient (Wildman–Crippen LogP) is 3.08. The number of ether oxygens (including phenoxy) is 2. The van der Waals surface area contributed by atoms with Crippen molar-refractivity contribution in [2.45, 2.75) is 31.3 Å². The fourth-order valence-corrected chi connectivity index (χ4v) is 4.94. The number of likely N-dealkylation sites (tertiary alicyclic amines) is 1. The molecule has 1 atom stereocenters. The number of amides is 3. The van der Waals surface area contributed by atoms with Crippen molar-refractivity contribution in [1.82, 2.24) is 15.1 Å². The molecule has 2 heterocycles. The van der Waals surface area contributed by atoms with Gasteiger partial charge in [-0.2, -0.15) is 0 Å². The van der Waals surface area contributed by atoms with Crippen molar-refractivity contribution in [1.29, 1.82) is 0 Å². The van der Waals surface area contributed by atoms with E-state index in [1.165, 1.54) is 10.5 Å². The van der Waals surface area contributed by atoms with Crippen LogP contribution in [-0.4, -0.2) is 61.6 Å². The van der Waals surface area contributed by atoms with Crippen LogP contribution >= 0.6 is 0 Å². The number of nitrogens with one attached hydrogen (secondary N) is 1. The summed E-state index contributed by atoms with van der Waals surface area (Å²) in [6, 6.07) is 15.6. The zero-order chi connectivity index (χ0) is 22.7. The number of carbonyl (C=O) groups is 2. The van der Waals surface area contributed by atoms with Crippen molar-refractivity contribution >= 4 is 11.9 Å². The highest BCUT2D eigenvalue weighted by Gasteiger charge is 2.54. The first-order chi connectivity index (χ1) is 15.4. The largest absolute Gasteiger partial charge is 0.497 e. The third kappa shape index (κ3) is 4.30. The number of piperidine rings is 1. The molecule has 1 N–H and O–H groups in total. The summed E-state index contributed by atoms with van der Waals surface area (Å²) in [5.41, 5.74) is 1.30. The van der Waals surface area contributed by atoms with Crippen LogP contribution in [0.25, 0.3) is 0 Å². The van der Waals surface area contributed by atoms with E-state index in [1.807, 2.05) is 36.4 Å². The summed E-state index contributed by atoms with van der Waals surface area (Å²) in [6.45, 7) is 2.62. The van der Waals surface area contributed by atoms with Gasteiger partial charge in [-0.25, -0.2) is 4.79 Å². The molecule has 0 saturated carbocycles. The number of urea groups is 1. The Bertz CT molecular complexity index is 969. The molecule has 0 spiro atoms. The van der Waals surface area contributed by atoms with Crippen LogP contribution in [0, 0.1) is 5.92 Å². The van der Waals surface area contributed by atoms with E-state index in [0.29, 0.717) is 6.42 Å². The molecular weight excluding hydrogens is 406 g/mol. The van der Waals surface area contributed by atoms with Gasteiger partial charge in [0, 0.05) is 20.0 Å². The Morgan fingerprint density at radius 3 is 2.25 bits per heavy atom. The van der Waals surface area contributed by atoms with Crippen LogP contribution in [0.1, 0.15) is 24.0 Å². The van der Waals surface area contributed by atoms with E-state index in [0.717, 1.165) is 49.5 Å². The van der Waals surface area contributed by atoms with Gasteiger partial charge in [0.15, 0.2) is 0 Å². The molecule has 1 unspecified atom stereocenters. The van der Waals surface area contributed by atoms with Gasteiger partial charge in [-0.15, -0.1) is 0 Å². The Labute approximate surface area is 189 Å². The quantitative estimate of drug-likeness (QED) is 0.674. The summed E-state index contributed by atoms with van der Waals surface area (Å²) in [4.78, 5) is 29.4. The molecule has 4 rings (SSSR count). The number of benzene rings is 2.